The molecule has 0 saturated carbocycles. The lowest BCUT2D eigenvalue weighted by Crippen LogP contribution is -2.39. The smallest absolute Gasteiger partial charge is 0.432 e. The largest absolute Gasteiger partial charge is 0.434 e. The van der Waals surface area contributed by atoms with Gasteiger partial charge in [0.15, 0.2) is 5.76 Å². The third kappa shape index (κ3) is 3.49. The van der Waals surface area contributed by atoms with Gasteiger partial charge >= 0.3 is 12.0 Å². The van der Waals surface area contributed by atoms with Crippen molar-refractivity contribution in [3.63, 3.8) is 0 Å². The number of nitriles is 1. The van der Waals surface area contributed by atoms with Crippen LogP contribution in [0.5, 0.6) is 0 Å². The van der Waals surface area contributed by atoms with Crippen LogP contribution in [0.3, 0.4) is 0 Å². The Kier molecular flexibility index (Phi) is 4.84. The van der Waals surface area contributed by atoms with E-state index in [0.29, 0.717) is 12.1 Å². The molecule has 1 N–H and O–H groups in total. The van der Waals surface area contributed by atoms with Crippen LogP contribution in [0.4, 0.5) is 9.18 Å². The van der Waals surface area contributed by atoms with E-state index in [1.54, 1.807) is 6.07 Å². The lowest BCUT2D eigenvalue weighted by atomic mass is 10.1. The molecule has 0 spiro atoms. The highest BCUT2D eigenvalue weighted by atomic mass is 19.1. The maximum absolute atomic E-state index is 13.4. The Bertz CT molecular complexity index is 889. The molecule has 3 rings (SSSR count). The van der Waals surface area contributed by atoms with E-state index in [0.717, 1.165) is 18.9 Å². The van der Waals surface area contributed by atoms with Crippen molar-refractivity contribution in [3.8, 4) is 17.4 Å². The molecule has 0 aliphatic carbocycles. The number of aromatic nitrogens is 1. The van der Waals surface area contributed by atoms with Crippen molar-refractivity contribution in [2.45, 2.75) is 25.8 Å². The third-order valence-electron chi connectivity index (χ3n) is 4.09. The van der Waals surface area contributed by atoms with E-state index in [2.05, 4.69) is 4.98 Å². The molecule has 2 amide bonds. The normalized spacial score (nSPS) is 16.2. The Labute approximate surface area is 148 Å². The Morgan fingerprint density at radius 3 is 3.00 bits per heavy atom. The zero-order valence-corrected chi connectivity index (χ0v) is 13.9. The minimum Gasteiger partial charge on any atom is -0.432 e. The number of nitrogens with zero attached hydrogens (tertiary/aromatic N) is 3. The number of halogens is 1. The summed E-state index contributed by atoms with van der Waals surface area (Å²) >= 11 is 0. The third-order valence-corrected chi connectivity index (χ3v) is 4.09. The van der Waals surface area contributed by atoms with Crippen molar-refractivity contribution < 1.29 is 23.2 Å². The molecule has 1 saturated heterocycles. The number of rotatable bonds is 2. The second kappa shape index (κ2) is 7.23. The SMILES string of the molecule is CC1CCCN1C(=O)ONC(=O)c1ncc(-c2ccc(F)c(C#N)c2)o1. The van der Waals surface area contributed by atoms with Crippen LogP contribution in [0.25, 0.3) is 11.3 Å². The summed E-state index contributed by atoms with van der Waals surface area (Å²) in [6.07, 6.45) is 2.38. The zero-order valence-electron chi connectivity index (χ0n) is 13.9. The van der Waals surface area contributed by atoms with Gasteiger partial charge in [-0.25, -0.2) is 14.2 Å². The number of hydroxylamine groups is 1. The number of likely N-dealkylation sites (tertiary alicyclic amines) is 1. The second-order valence-corrected chi connectivity index (χ2v) is 5.82. The van der Waals surface area contributed by atoms with Crippen LogP contribution in [0, 0.1) is 17.1 Å². The molecule has 1 aromatic heterocycles. The number of hydrogen-bond acceptors (Lipinski definition) is 6. The second-order valence-electron chi connectivity index (χ2n) is 5.82. The number of nitrogens with one attached hydrogen (secondary N) is 1. The summed E-state index contributed by atoms with van der Waals surface area (Å²) in [5, 5.41) is 8.86. The highest BCUT2D eigenvalue weighted by Crippen LogP contribution is 2.23. The van der Waals surface area contributed by atoms with Gasteiger partial charge in [0.1, 0.15) is 11.9 Å². The summed E-state index contributed by atoms with van der Waals surface area (Å²) < 4.78 is 18.7. The summed E-state index contributed by atoms with van der Waals surface area (Å²) in [4.78, 5) is 34.0. The molecule has 26 heavy (non-hydrogen) atoms. The van der Waals surface area contributed by atoms with E-state index in [9.17, 15) is 14.0 Å². The van der Waals surface area contributed by atoms with Crippen LogP contribution in [0.2, 0.25) is 0 Å². The molecule has 1 aliphatic heterocycles. The summed E-state index contributed by atoms with van der Waals surface area (Å²) in [6, 6.07) is 5.58. The predicted molar refractivity (Wildman–Crippen MR) is 86.0 cm³/mol. The lowest BCUT2D eigenvalue weighted by Gasteiger charge is -2.19. The summed E-state index contributed by atoms with van der Waals surface area (Å²) in [5.41, 5.74) is 2.23. The molecule has 1 aromatic carbocycles. The van der Waals surface area contributed by atoms with Gasteiger partial charge in [0.25, 0.3) is 5.89 Å². The van der Waals surface area contributed by atoms with Crippen molar-refractivity contribution in [3.05, 3.63) is 41.7 Å². The van der Waals surface area contributed by atoms with Crippen LogP contribution in [0.1, 0.15) is 36.0 Å². The fourth-order valence-electron chi connectivity index (χ4n) is 2.67. The first-order valence-electron chi connectivity index (χ1n) is 7.93. The average molecular weight is 358 g/mol. The van der Waals surface area contributed by atoms with Gasteiger partial charge in [-0.1, -0.05) is 0 Å². The van der Waals surface area contributed by atoms with E-state index in [1.807, 2.05) is 12.4 Å². The topological polar surface area (TPSA) is 108 Å². The molecule has 134 valence electrons. The predicted octanol–water partition coefficient (Wildman–Crippen LogP) is 2.62. The van der Waals surface area contributed by atoms with E-state index < -0.39 is 17.8 Å². The van der Waals surface area contributed by atoms with E-state index in [1.165, 1.54) is 23.2 Å². The molecular weight excluding hydrogens is 343 g/mol. The summed E-state index contributed by atoms with van der Waals surface area (Å²) in [7, 11) is 0. The van der Waals surface area contributed by atoms with Crippen molar-refractivity contribution >= 4 is 12.0 Å². The minimum atomic E-state index is -0.834. The molecule has 0 radical (unpaired) electrons. The highest BCUT2D eigenvalue weighted by Gasteiger charge is 2.27. The number of benzene rings is 1. The van der Waals surface area contributed by atoms with Gasteiger partial charge in [-0.05, 0) is 38.0 Å². The van der Waals surface area contributed by atoms with Gasteiger partial charge < -0.3 is 14.2 Å². The molecule has 1 aliphatic rings. The van der Waals surface area contributed by atoms with E-state index in [-0.39, 0.29) is 23.3 Å². The Morgan fingerprint density at radius 2 is 2.31 bits per heavy atom. The van der Waals surface area contributed by atoms with Crippen LogP contribution < -0.4 is 5.48 Å². The molecule has 2 heterocycles. The van der Waals surface area contributed by atoms with Crippen molar-refractivity contribution in [1.29, 1.82) is 5.26 Å². The van der Waals surface area contributed by atoms with Gasteiger partial charge in [-0.3, -0.25) is 4.79 Å². The number of carbonyl (C=O) groups excluding carboxylic acids is 2. The Hall–Kier alpha value is -3.41. The first-order chi connectivity index (χ1) is 12.5. The van der Waals surface area contributed by atoms with Crippen molar-refractivity contribution in [2.24, 2.45) is 0 Å². The number of amides is 2. The fourth-order valence-corrected chi connectivity index (χ4v) is 2.67. The maximum atomic E-state index is 13.4. The van der Waals surface area contributed by atoms with Crippen LogP contribution in [-0.2, 0) is 4.84 Å². The molecule has 1 fully saturated rings. The first-order valence-corrected chi connectivity index (χ1v) is 7.93. The van der Waals surface area contributed by atoms with Gasteiger partial charge in [0.2, 0.25) is 0 Å². The Morgan fingerprint density at radius 1 is 1.50 bits per heavy atom. The quantitative estimate of drug-likeness (QED) is 0.827. The van der Waals surface area contributed by atoms with Gasteiger partial charge in [-0.2, -0.15) is 10.7 Å². The van der Waals surface area contributed by atoms with Gasteiger partial charge in [-0.15, -0.1) is 0 Å². The lowest BCUT2D eigenvalue weighted by molar-refractivity contribution is 0.0388. The maximum Gasteiger partial charge on any atom is 0.434 e. The summed E-state index contributed by atoms with van der Waals surface area (Å²) in [5.74, 6) is -1.65. The van der Waals surface area contributed by atoms with Crippen LogP contribution >= 0.6 is 0 Å². The molecule has 9 heteroatoms. The highest BCUT2D eigenvalue weighted by molar-refractivity contribution is 5.90. The van der Waals surface area contributed by atoms with E-state index >= 15 is 0 Å². The number of oxazole rings is 1. The average Bonchev–Trinajstić information content (AvgIpc) is 3.29. The molecule has 8 nitrogen and oxygen atoms in total. The van der Waals surface area contributed by atoms with Crippen LogP contribution in [-0.4, -0.2) is 34.5 Å². The van der Waals surface area contributed by atoms with E-state index in [4.69, 9.17) is 14.5 Å². The zero-order chi connectivity index (χ0) is 18.7. The number of carbonyl (C=O) groups is 2. The molecule has 1 atom stereocenters. The monoisotopic (exact) mass is 358 g/mol. The molecule has 2 aromatic rings. The first kappa shape index (κ1) is 17.4. The minimum absolute atomic E-state index is 0.0561. The van der Waals surface area contributed by atoms with Gasteiger partial charge in [0.05, 0.1) is 11.8 Å². The van der Waals surface area contributed by atoms with Gasteiger partial charge in [0, 0.05) is 18.2 Å². The summed E-state index contributed by atoms with van der Waals surface area (Å²) in [6.45, 7) is 2.47. The van der Waals surface area contributed by atoms with Crippen molar-refractivity contribution in [1.82, 2.24) is 15.4 Å². The standard InChI is InChI=1S/C17H15FN4O4/c1-10-3-2-6-22(10)17(24)26-21-15(23)16-20-9-14(25-16)11-4-5-13(18)12(7-11)8-19/h4-5,7,9-10H,2-3,6H2,1H3,(H,21,23). The van der Waals surface area contributed by atoms with Crippen molar-refractivity contribution in [2.75, 3.05) is 6.54 Å². The Balaban J connectivity index is 1.65. The molecular formula is C17H15FN4O4. The molecule has 1 unspecified atom stereocenters. The van der Waals surface area contributed by atoms with Crippen LogP contribution in [0.15, 0.2) is 28.8 Å². The molecule has 0 bridgehead atoms. The fraction of sp³-hybridized carbons (Fsp3) is 0.294. The number of hydrogen-bond donors (Lipinski definition) is 1.